The lowest BCUT2D eigenvalue weighted by atomic mass is 10.1. The monoisotopic (exact) mass is 362 g/mol. The Morgan fingerprint density at radius 3 is 2.48 bits per heavy atom. The Balaban J connectivity index is 1.43. The first-order valence-corrected chi connectivity index (χ1v) is 9.33. The largest absolute Gasteiger partial charge is 0.481 e. The van der Waals surface area contributed by atoms with Crippen LogP contribution in [0.5, 0.6) is 5.75 Å². The van der Waals surface area contributed by atoms with Crippen LogP contribution < -0.4 is 15.0 Å². The average Bonchev–Trinajstić information content (AvgIpc) is 2.71. The Kier molecular flexibility index (Phi) is 6.31. The summed E-state index contributed by atoms with van der Waals surface area (Å²) in [7, 11) is 2.06. The van der Waals surface area contributed by atoms with Gasteiger partial charge in [-0.2, -0.15) is 0 Å². The smallest absolute Gasteiger partial charge is 0.260 e. The van der Waals surface area contributed by atoms with Crippen molar-refractivity contribution in [2.45, 2.75) is 19.4 Å². The highest BCUT2D eigenvalue weighted by Crippen LogP contribution is 2.21. The van der Waals surface area contributed by atoms with Gasteiger partial charge in [0.2, 0.25) is 0 Å². The number of carbonyl (C=O) groups is 1. The van der Waals surface area contributed by atoms with Gasteiger partial charge in [-0.05, 0) is 48.4 Å². The fourth-order valence-electron chi connectivity index (χ4n) is 2.98. The van der Waals surface area contributed by atoms with E-state index >= 15 is 0 Å². The van der Waals surface area contributed by atoms with E-state index in [-0.39, 0.29) is 5.91 Å². The zero-order valence-corrected chi connectivity index (χ0v) is 15.9. The fraction of sp³-hybridized carbons (Fsp3) is 0.261. The lowest BCUT2D eigenvalue weighted by Gasteiger charge is -2.20. The first-order valence-electron chi connectivity index (χ1n) is 9.33. The number of fused-ring (bicyclic) bond motifs is 1. The molecule has 0 aliphatic heterocycles. The number of carbonyl (C=O) groups excluding carboxylic acids is 1. The maximum absolute atomic E-state index is 12.3. The Labute approximate surface area is 160 Å². The molecule has 1 atom stereocenters. The molecule has 0 saturated heterocycles. The Hall–Kier alpha value is -3.01. The average molecular weight is 362 g/mol. The second-order valence-electron chi connectivity index (χ2n) is 6.67. The minimum absolute atomic E-state index is 0.0921. The maximum Gasteiger partial charge on any atom is 0.260 e. The van der Waals surface area contributed by atoms with E-state index in [4.69, 9.17) is 4.74 Å². The molecule has 0 aromatic heterocycles. The van der Waals surface area contributed by atoms with E-state index in [2.05, 4.69) is 35.5 Å². The molecule has 1 N–H and O–H groups in total. The molecule has 27 heavy (non-hydrogen) atoms. The standard InChI is InChI=1S/C23H26N2O2/c1-18(27-22-14-13-19-9-6-7-10-20(19)17-22)23(26)24-15-8-16-25(2)21-11-4-3-5-12-21/h3-7,9-14,17-18H,8,15-16H2,1-2H3,(H,24,26)/t18-/m1/s1. The van der Waals surface area contributed by atoms with Gasteiger partial charge < -0.3 is 15.0 Å². The zero-order valence-electron chi connectivity index (χ0n) is 15.9. The van der Waals surface area contributed by atoms with Crippen LogP contribution in [0.1, 0.15) is 13.3 Å². The van der Waals surface area contributed by atoms with Crippen molar-refractivity contribution >= 4 is 22.4 Å². The second kappa shape index (κ2) is 9.08. The molecule has 4 heteroatoms. The van der Waals surface area contributed by atoms with Crippen molar-refractivity contribution in [1.29, 1.82) is 0 Å². The Morgan fingerprint density at radius 2 is 1.70 bits per heavy atom. The number of ether oxygens (including phenoxy) is 1. The zero-order chi connectivity index (χ0) is 19.1. The second-order valence-corrected chi connectivity index (χ2v) is 6.67. The third kappa shape index (κ3) is 5.23. The normalized spacial score (nSPS) is 11.8. The molecule has 4 nitrogen and oxygen atoms in total. The molecule has 3 aromatic carbocycles. The van der Waals surface area contributed by atoms with Crippen molar-refractivity contribution in [1.82, 2.24) is 5.32 Å². The van der Waals surface area contributed by atoms with Crippen LogP contribution in [-0.4, -0.2) is 32.1 Å². The molecule has 0 spiro atoms. The first kappa shape index (κ1) is 18.8. The van der Waals surface area contributed by atoms with Gasteiger partial charge in [0.15, 0.2) is 6.10 Å². The van der Waals surface area contributed by atoms with Gasteiger partial charge in [-0.25, -0.2) is 0 Å². The molecule has 0 fully saturated rings. The van der Waals surface area contributed by atoms with Crippen molar-refractivity contribution in [3.8, 4) is 5.75 Å². The Bertz CT molecular complexity index is 880. The number of hydrogen-bond donors (Lipinski definition) is 1. The summed E-state index contributed by atoms with van der Waals surface area (Å²) < 4.78 is 5.81. The van der Waals surface area contributed by atoms with Crippen LogP contribution in [-0.2, 0) is 4.79 Å². The van der Waals surface area contributed by atoms with E-state index in [1.807, 2.05) is 54.6 Å². The number of nitrogens with one attached hydrogen (secondary N) is 1. The summed E-state index contributed by atoms with van der Waals surface area (Å²) in [6, 6.07) is 24.2. The van der Waals surface area contributed by atoms with E-state index in [0.29, 0.717) is 12.3 Å². The lowest BCUT2D eigenvalue weighted by molar-refractivity contribution is -0.127. The molecule has 0 saturated carbocycles. The van der Waals surface area contributed by atoms with Crippen LogP contribution in [0, 0.1) is 0 Å². The molecule has 0 bridgehead atoms. The summed E-state index contributed by atoms with van der Waals surface area (Å²) in [4.78, 5) is 14.5. The van der Waals surface area contributed by atoms with Gasteiger partial charge in [-0.1, -0.05) is 48.5 Å². The van der Waals surface area contributed by atoms with Gasteiger partial charge in [-0.3, -0.25) is 4.79 Å². The molecule has 140 valence electrons. The van der Waals surface area contributed by atoms with Crippen LogP contribution >= 0.6 is 0 Å². The van der Waals surface area contributed by atoms with Gasteiger partial charge in [0.1, 0.15) is 5.75 Å². The molecule has 0 unspecified atom stereocenters. The van der Waals surface area contributed by atoms with Crippen LogP contribution in [0.2, 0.25) is 0 Å². The van der Waals surface area contributed by atoms with Crippen LogP contribution in [0.4, 0.5) is 5.69 Å². The van der Waals surface area contributed by atoms with Crippen molar-refractivity contribution in [3.05, 3.63) is 72.8 Å². The van der Waals surface area contributed by atoms with Crippen LogP contribution in [0.25, 0.3) is 10.8 Å². The molecule has 1 amide bonds. The summed E-state index contributed by atoms with van der Waals surface area (Å²) >= 11 is 0. The van der Waals surface area contributed by atoms with Crippen molar-refractivity contribution in [2.75, 3.05) is 25.0 Å². The van der Waals surface area contributed by atoms with Gasteiger partial charge >= 0.3 is 0 Å². The number of para-hydroxylation sites is 1. The van der Waals surface area contributed by atoms with E-state index in [1.54, 1.807) is 6.92 Å². The first-order chi connectivity index (χ1) is 13.1. The number of rotatable bonds is 8. The van der Waals surface area contributed by atoms with E-state index in [9.17, 15) is 4.79 Å². The van der Waals surface area contributed by atoms with Gasteiger partial charge in [0, 0.05) is 25.8 Å². The van der Waals surface area contributed by atoms with Gasteiger partial charge in [-0.15, -0.1) is 0 Å². The van der Waals surface area contributed by atoms with E-state index in [1.165, 1.54) is 5.69 Å². The molecule has 0 aliphatic carbocycles. The lowest BCUT2D eigenvalue weighted by Crippen LogP contribution is -2.37. The number of hydrogen-bond acceptors (Lipinski definition) is 3. The van der Waals surface area contributed by atoms with E-state index in [0.717, 1.165) is 23.7 Å². The van der Waals surface area contributed by atoms with Gasteiger partial charge in [0.25, 0.3) is 5.91 Å². The van der Waals surface area contributed by atoms with Gasteiger partial charge in [0.05, 0.1) is 0 Å². The minimum Gasteiger partial charge on any atom is -0.481 e. The molecule has 3 aromatic rings. The summed E-state index contributed by atoms with van der Waals surface area (Å²) in [5.41, 5.74) is 1.18. The highest BCUT2D eigenvalue weighted by atomic mass is 16.5. The minimum atomic E-state index is -0.530. The summed E-state index contributed by atoms with van der Waals surface area (Å²) in [5, 5.41) is 5.22. The number of anilines is 1. The number of amides is 1. The highest BCUT2D eigenvalue weighted by Gasteiger charge is 2.14. The van der Waals surface area contributed by atoms with Crippen LogP contribution in [0.3, 0.4) is 0 Å². The molecule has 3 rings (SSSR count). The van der Waals surface area contributed by atoms with Crippen molar-refractivity contribution in [3.63, 3.8) is 0 Å². The van der Waals surface area contributed by atoms with Crippen molar-refractivity contribution in [2.24, 2.45) is 0 Å². The highest BCUT2D eigenvalue weighted by molar-refractivity contribution is 5.84. The SMILES string of the molecule is C[C@@H](Oc1ccc2ccccc2c1)C(=O)NCCCN(C)c1ccccc1. The third-order valence-electron chi connectivity index (χ3n) is 4.57. The predicted octanol–water partition coefficient (Wildman–Crippen LogP) is 4.25. The topological polar surface area (TPSA) is 41.6 Å². The van der Waals surface area contributed by atoms with Crippen molar-refractivity contribution < 1.29 is 9.53 Å². The fourth-order valence-corrected chi connectivity index (χ4v) is 2.98. The molecule has 0 radical (unpaired) electrons. The summed E-state index contributed by atoms with van der Waals surface area (Å²) in [6.07, 6.45) is 0.345. The third-order valence-corrected chi connectivity index (χ3v) is 4.57. The summed E-state index contributed by atoms with van der Waals surface area (Å²) in [5.74, 6) is 0.616. The predicted molar refractivity (Wildman–Crippen MR) is 111 cm³/mol. The van der Waals surface area contributed by atoms with E-state index < -0.39 is 6.10 Å². The Morgan fingerprint density at radius 1 is 1.00 bits per heavy atom. The van der Waals surface area contributed by atoms with Crippen LogP contribution in [0.15, 0.2) is 72.8 Å². The summed E-state index contributed by atoms with van der Waals surface area (Å²) in [6.45, 7) is 3.28. The molecule has 0 aliphatic rings. The number of nitrogens with zero attached hydrogens (tertiary/aromatic N) is 1. The number of benzene rings is 3. The molecular formula is C23H26N2O2. The quantitative estimate of drug-likeness (QED) is 0.609. The molecular weight excluding hydrogens is 336 g/mol. The molecule has 0 heterocycles. The maximum atomic E-state index is 12.3.